The molecule has 6 heteroatoms. The minimum absolute atomic E-state index is 0.341. The van der Waals surface area contributed by atoms with Crippen LogP contribution >= 0.6 is 11.8 Å². The molecule has 0 aromatic rings. The molecule has 0 amide bonds. The summed E-state index contributed by atoms with van der Waals surface area (Å²) in [6.07, 6.45) is -3.94. The van der Waals surface area contributed by atoms with Crippen LogP contribution in [0.3, 0.4) is 0 Å². The number of thioether (sulfide) groups is 1. The first-order chi connectivity index (χ1) is 5.57. The number of hydrogen-bond acceptors (Lipinski definition) is 6. The van der Waals surface area contributed by atoms with Gasteiger partial charge < -0.3 is 25.5 Å². The van der Waals surface area contributed by atoms with Crippen molar-refractivity contribution in [3.63, 3.8) is 0 Å². The largest absolute Gasteiger partial charge is 0.395 e. The molecule has 0 aromatic heterocycles. The molecule has 1 heterocycles. The molecular weight excluding hydrogens is 184 g/mol. The van der Waals surface area contributed by atoms with Gasteiger partial charge in [0.05, 0.1) is 18.0 Å². The average Bonchev–Trinajstić information content (AvgIpc) is 2.08. The first-order valence-corrected chi connectivity index (χ1v) is 4.50. The lowest BCUT2D eigenvalue weighted by Crippen LogP contribution is -2.53. The Hall–Kier alpha value is 0.150. The Labute approximate surface area is 73.7 Å². The van der Waals surface area contributed by atoms with Crippen LogP contribution in [0.4, 0.5) is 0 Å². The lowest BCUT2D eigenvalue weighted by molar-refractivity contribution is -0.0953. The topological polar surface area (TPSA) is 101 Å². The summed E-state index contributed by atoms with van der Waals surface area (Å²) in [7, 11) is 0. The predicted octanol–water partition coefficient (Wildman–Crippen LogP) is -2.50. The van der Waals surface area contributed by atoms with Gasteiger partial charge in [-0.05, 0) is 0 Å². The number of aliphatic hydroxyl groups is 5. The average molecular weight is 196 g/mol. The minimum Gasteiger partial charge on any atom is -0.395 e. The molecule has 0 aromatic carbocycles. The summed E-state index contributed by atoms with van der Waals surface area (Å²) >= 11 is 0.852. The van der Waals surface area contributed by atoms with E-state index in [2.05, 4.69) is 0 Å². The fraction of sp³-hybridized carbons (Fsp3) is 1.00. The second-order valence-corrected chi connectivity index (χ2v) is 4.08. The summed E-state index contributed by atoms with van der Waals surface area (Å²) in [5, 5.41) is 44.6. The van der Waals surface area contributed by atoms with E-state index in [1.807, 2.05) is 0 Å². The van der Waals surface area contributed by atoms with Gasteiger partial charge in [0.15, 0.2) is 0 Å². The third kappa shape index (κ3) is 1.73. The maximum atomic E-state index is 9.22. The van der Waals surface area contributed by atoms with E-state index < -0.39 is 29.0 Å². The first kappa shape index (κ1) is 10.2. The summed E-state index contributed by atoms with van der Waals surface area (Å²) in [4.78, 5) is 0. The first-order valence-electron chi connectivity index (χ1n) is 3.56. The quantitative estimate of drug-likeness (QED) is 0.318. The normalized spacial score (nSPS) is 49.2. The van der Waals surface area contributed by atoms with E-state index in [-0.39, 0.29) is 6.61 Å². The van der Waals surface area contributed by atoms with Crippen molar-refractivity contribution in [3.8, 4) is 0 Å². The molecule has 72 valence electrons. The summed E-state index contributed by atoms with van der Waals surface area (Å²) in [5.74, 6) is 0. The zero-order chi connectivity index (χ0) is 9.30. The number of rotatable bonds is 1. The molecule has 5 nitrogen and oxygen atoms in total. The lowest BCUT2D eigenvalue weighted by atomic mass is 10.0. The molecule has 0 saturated carbocycles. The van der Waals surface area contributed by atoms with Gasteiger partial charge in [-0.3, -0.25) is 0 Å². The molecule has 12 heavy (non-hydrogen) atoms. The zero-order valence-electron chi connectivity index (χ0n) is 6.24. The Kier molecular flexibility index (Phi) is 3.33. The Morgan fingerprint density at radius 1 is 0.917 bits per heavy atom. The SMILES string of the molecule is OCC1SC(O)[C@@H](O)C(O)[C@@H]1O. The van der Waals surface area contributed by atoms with Gasteiger partial charge in [-0.1, -0.05) is 0 Å². The summed E-state index contributed by atoms with van der Waals surface area (Å²) in [6.45, 7) is -0.341. The summed E-state index contributed by atoms with van der Waals surface area (Å²) in [6, 6.07) is 0. The van der Waals surface area contributed by atoms with E-state index in [1.165, 1.54) is 0 Å². The summed E-state index contributed by atoms with van der Waals surface area (Å²) < 4.78 is 0. The highest BCUT2D eigenvalue weighted by Gasteiger charge is 2.42. The van der Waals surface area contributed by atoms with Gasteiger partial charge in [0.25, 0.3) is 0 Å². The van der Waals surface area contributed by atoms with Gasteiger partial charge in [-0.2, -0.15) is 0 Å². The second-order valence-electron chi connectivity index (χ2n) is 2.72. The van der Waals surface area contributed by atoms with E-state index in [0.717, 1.165) is 11.8 Å². The molecule has 0 aliphatic carbocycles. The highest BCUT2D eigenvalue weighted by atomic mass is 32.2. The van der Waals surface area contributed by atoms with Crippen molar-refractivity contribution in [3.05, 3.63) is 0 Å². The maximum Gasteiger partial charge on any atom is 0.128 e. The Morgan fingerprint density at radius 3 is 2.00 bits per heavy atom. The Bertz CT molecular complexity index is 150. The minimum atomic E-state index is -1.39. The number of hydrogen-bond donors (Lipinski definition) is 5. The van der Waals surface area contributed by atoms with Crippen LogP contribution in [-0.2, 0) is 0 Å². The van der Waals surface area contributed by atoms with E-state index in [0.29, 0.717) is 0 Å². The molecule has 5 N–H and O–H groups in total. The van der Waals surface area contributed by atoms with Crippen LogP contribution < -0.4 is 0 Å². The van der Waals surface area contributed by atoms with Crippen LogP contribution in [0.25, 0.3) is 0 Å². The monoisotopic (exact) mass is 196 g/mol. The van der Waals surface area contributed by atoms with Crippen molar-refractivity contribution in [1.29, 1.82) is 0 Å². The van der Waals surface area contributed by atoms with E-state index in [4.69, 9.17) is 20.4 Å². The fourth-order valence-corrected chi connectivity index (χ4v) is 2.17. The molecular formula is C6H12O5S. The smallest absolute Gasteiger partial charge is 0.128 e. The molecule has 1 fully saturated rings. The van der Waals surface area contributed by atoms with Crippen molar-refractivity contribution in [2.45, 2.75) is 29.0 Å². The van der Waals surface area contributed by atoms with Gasteiger partial charge in [-0.15, -0.1) is 11.8 Å². The van der Waals surface area contributed by atoms with Crippen LogP contribution in [0.1, 0.15) is 0 Å². The van der Waals surface area contributed by atoms with Crippen LogP contribution in [0, 0.1) is 0 Å². The maximum absolute atomic E-state index is 9.22. The highest BCUT2D eigenvalue weighted by Crippen LogP contribution is 2.30. The van der Waals surface area contributed by atoms with Crippen LogP contribution in [-0.4, -0.2) is 61.1 Å². The highest BCUT2D eigenvalue weighted by molar-refractivity contribution is 8.00. The molecule has 3 unspecified atom stereocenters. The van der Waals surface area contributed by atoms with Gasteiger partial charge in [0.2, 0.25) is 0 Å². The lowest BCUT2D eigenvalue weighted by Gasteiger charge is -2.36. The predicted molar refractivity (Wildman–Crippen MR) is 42.5 cm³/mol. The van der Waals surface area contributed by atoms with Gasteiger partial charge in [-0.25, -0.2) is 0 Å². The molecule has 0 bridgehead atoms. The fourth-order valence-electron chi connectivity index (χ4n) is 1.08. The Morgan fingerprint density at radius 2 is 1.50 bits per heavy atom. The van der Waals surface area contributed by atoms with Gasteiger partial charge >= 0.3 is 0 Å². The molecule has 1 rings (SSSR count). The molecule has 0 radical (unpaired) electrons. The molecule has 1 saturated heterocycles. The molecule has 1 aliphatic rings. The third-order valence-electron chi connectivity index (χ3n) is 1.87. The van der Waals surface area contributed by atoms with Crippen molar-refractivity contribution in [2.24, 2.45) is 0 Å². The van der Waals surface area contributed by atoms with Crippen molar-refractivity contribution >= 4 is 11.8 Å². The van der Waals surface area contributed by atoms with Gasteiger partial charge in [0, 0.05) is 0 Å². The van der Waals surface area contributed by atoms with E-state index >= 15 is 0 Å². The zero-order valence-corrected chi connectivity index (χ0v) is 7.05. The van der Waals surface area contributed by atoms with Crippen LogP contribution in [0.15, 0.2) is 0 Å². The third-order valence-corrected chi connectivity index (χ3v) is 3.20. The van der Waals surface area contributed by atoms with E-state index in [1.54, 1.807) is 0 Å². The van der Waals surface area contributed by atoms with Crippen molar-refractivity contribution < 1.29 is 25.5 Å². The van der Waals surface area contributed by atoms with E-state index in [9.17, 15) is 5.11 Å². The van der Waals surface area contributed by atoms with Crippen LogP contribution in [0.2, 0.25) is 0 Å². The van der Waals surface area contributed by atoms with Crippen molar-refractivity contribution in [2.75, 3.05) is 6.61 Å². The molecule has 5 atom stereocenters. The van der Waals surface area contributed by atoms with Crippen LogP contribution in [0.5, 0.6) is 0 Å². The second kappa shape index (κ2) is 3.91. The summed E-state index contributed by atoms with van der Waals surface area (Å²) in [5.41, 5.74) is -1.15. The van der Waals surface area contributed by atoms with Gasteiger partial charge in [0.1, 0.15) is 17.6 Å². The molecule has 0 spiro atoms. The van der Waals surface area contributed by atoms with Crippen molar-refractivity contribution in [1.82, 2.24) is 0 Å². The molecule has 1 aliphatic heterocycles. The number of aliphatic hydroxyl groups excluding tert-OH is 5. The standard InChI is InChI=1S/C6H12O5S/c7-1-2-3(8)4(9)5(10)6(11)12-2/h2-11H,1H2/t2?,3-,4?,5+,6?/m1/s1. The Balaban J connectivity index is 2.63.